The van der Waals surface area contributed by atoms with Gasteiger partial charge in [0.15, 0.2) is 0 Å². The maximum atomic E-state index is 12.0. The Kier molecular flexibility index (Phi) is 3.43. The number of aromatic nitrogens is 1. The predicted molar refractivity (Wildman–Crippen MR) is 69.0 cm³/mol. The first-order valence-electron chi connectivity index (χ1n) is 5.16. The summed E-state index contributed by atoms with van der Waals surface area (Å²) in [7, 11) is -4.15. The second kappa shape index (κ2) is 5.02. The van der Waals surface area contributed by atoms with Crippen LogP contribution in [0.5, 0.6) is 5.75 Å². The van der Waals surface area contributed by atoms with Gasteiger partial charge in [0.1, 0.15) is 5.75 Å². The number of amides is 1. The number of phenolic OH excluding ortho intramolecular Hbond substituents is 1. The van der Waals surface area contributed by atoms with Gasteiger partial charge in [-0.15, -0.1) is 4.41 Å². The molecule has 0 atom stereocenters. The second-order valence-electron chi connectivity index (χ2n) is 3.55. The third-order valence-electron chi connectivity index (χ3n) is 2.20. The van der Waals surface area contributed by atoms with Crippen LogP contribution in [0, 0.1) is 0 Å². The van der Waals surface area contributed by atoms with Crippen LogP contribution in [0.15, 0.2) is 48.8 Å². The van der Waals surface area contributed by atoms with E-state index in [1.807, 2.05) is 0 Å². The number of carbonyl (C=O) groups excluding carboxylic acids is 1. The van der Waals surface area contributed by atoms with E-state index in [9.17, 15) is 18.3 Å². The molecule has 0 saturated carbocycles. The molecule has 0 saturated heterocycles. The standard InChI is InChI=1S/C11H10N3O4S/c15-9-14(13-6-1-2-7-13)19(17,18)12-10-4-3-5-11(16)8-10/h1-8,12,16H. The lowest BCUT2D eigenvalue weighted by Crippen LogP contribution is -2.42. The van der Waals surface area contributed by atoms with E-state index < -0.39 is 10.2 Å². The average Bonchev–Trinajstić information content (AvgIpc) is 2.82. The summed E-state index contributed by atoms with van der Waals surface area (Å²) >= 11 is 0. The van der Waals surface area contributed by atoms with Gasteiger partial charge in [0, 0.05) is 18.5 Å². The molecule has 19 heavy (non-hydrogen) atoms. The molecule has 99 valence electrons. The number of benzene rings is 1. The molecule has 1 aromatic carbocycles. The van der Waals surface area contributed by atoms with Gasteiger partial charge < -0.3 is 5.11 Å². The fourth-order valence-electron chi connectivity index (χ4n) is 1.43. The van der Waals surface area contributed by atoms with Crippen LogP contribution in [-0.2, 0) is 15.0 Å². The number of nitrogens with one attached hydrogen (secondary N) is 1. The number of nitrogens with zero attached hydrogens (tertiary/aromatic N) is 2. The van der Waals surface area contributed by atoms with Crippen LogP contribution in [0.2, 0.25) is 0 Å². The number of phenols is 1. The van der Waals surface area contributed by atoms with Crippen LogP contribution in [-0.4, -0.2) is 24.6 Å². The van der Waals surface area contributed by atoms with Crippen LogP contribution in [0.3, 0.4) is 0 Å². The Bertz CT molecular complexity index is 667. The van der Waals surface area contributed by atoms with Crippen molar-refractivity contribution in [2.24, 2.45) is 0 Å². The van der Waals surface area contributed by atoms with Crippen LogP contribution >= 0.6 is 0 Å². The van der Waals surface area contributed by atoms with Crippen molar-refractivity contribution in [3.05, 3.63) is 48.8 Å². The normalized spacial score (nSPS) is 10.9. The van der Waals surface area contributed by atoms with Crippen molar-refractivity contribution in [1.82, 2.24) is 4.68 Å². The Morgan fingerprint density at radius 3 is 2.47 bits per heavy atom. The van der Waals surface area contributed by atoms with E-state index in [-0.39, 0.29) is 11.4 Å². The van der Waals surface area contributed by atoms with Crippen molar-refractivity contribution in [3.63, 3.8) is 0 Å². The molecule has 1 amide bonds. The Morgan fingerprint density at radius 2 is 1.89 bits per heavy atom. The van der Waals surface area contributed by atoms with Crippen molar-refractivity contribution in [2.45, 2.75) is 0 Å². The Balaban J connectivity index is 2.29. The summed E-state index contributed by atoms with van der Waals surface area (Å²) in [5.74, 6) is -0.0946. The summed E-state index contributed by atoms with van der Waals surface area (Å²) < 4.78 is 27.6. The van der Waals surface area contributed by atoms with Crippen LogP contribution in [0.1, 0.15) is 0 Å². The zero-order valence-electron chi connectivity index (χ0n) is 9.59. The summed E-state index contributed by atoms with van der Waals surface area (Å²) in [4.78, 5) is 10.8. The Morgan fingerprint density at radius 1 is 1.21 bits per heavy atom. The zero-order valence-corrected chi connectivity index (χ0v) is 10.4. The quantitative estimate of drug-likeness (QED) is 0.783. The van der Waals surface area contributed by atoms with Gasteiger partial charge in [-0.3, -0.25) is 9.52 Å². The summed E-state index contributed by atoms with van der Waals surface area (Å²) in [6.07, 6.45) is 4.08. The lowest BCUT2D eigenvalue weighted by molar-refractivity contribution is 0.475. The van der Waals surface area contributed by atoms with Crippen molar-refractivity contribution in [1.29, 1.82) is 0 Å². The maximum absolute atomic E-state index is 12.0. The molecule has 0 unspecified atom stereocenters. The van der Waals surface area contributed by atoms with E-state index in [1.54, 1.807) is 12.1 Å². The molecule has 1 heterocycles. The molecule has 0 aliphatic heterocycles. The topological polar surface area (TPSA) is 91.6 Å². The average molecular weight is 280 g/mol. The molecule has 0 aliphatic carbocycles. The maximum Gasteiger partial charge on any atom is 0.349 e. The molecule has 2 N–H and O–H groups in total. The number of rotatable bonds is 5. The van der Waals surface area contributed by atoms with Gasteiger partial charge in [-0.05, 0) is 24.3 Å². The highest BCUT2D eigenvalue weighted by atomic mass is 32.2. The number of hydrogen-bond acceptors (Lipinski definition) is 4. The Labute approximate surface area is 109 Å². The second-order valence-corrected chi connectivity index (χ2v) is 5.05. The van der Waals surface area contributed by atoms with Crippen molar-refractivity contribution in [2.75, 3.05) is 9.14 Å². The molecule has 0 spiro atoms. The minimum Gasteiger partial charge on any atom is -0.508 e. The lowest BCUT2D eigenvalue weighted by Gasteiger charge is -2.18. The highest BCUT2D eigenvalue weighted by Gasteiger charge is 2.22. The van der Waals surface area contributed by atoms with Crippen molar-refractivity contribution in [3.8, 4) is 5.75 Å². The number of hydrogen-bond donors (Lipinski definition) is 2. The fraction of sp³-hybridized carbons (Fsp3) is 0. The SMILES string of the molecule is O=[C]N(n1cccc1)S(=O)(=O)Nc1cccc(O)c1. The van der Waals surface area contributed by atoms with Gasteiger partial charge in [0.05, 0.1) is 5.69 Å². The zero-order chi connectivity index (χ0) is 13.9. The molecule has 0 bridgehead atoms. The molecule has 1 aromatic heterocycles. The first-order valence-corrected chi connectivity index (χ1v) is 6.60. The molecular formula is C11H10N3O4S. The van der Waals surface area contributed by atoms with Crippen molar-refractivity contribution >= 4 is 22.3 Å². The largest absolute Gasteiger partial charge is 0.508 e. The molecule has 8 heteroatoms. The van der Waals surface area contributed by atoms with Gasteiger partial charge in [-0.2, -0.15) is 8.42 Å². The van der Waals surface area contributed by atoms with E-state index in [0.29, 0.717) is 4.41 Å². The summed E-state index contributed by atoms with van der Waals surface area (Å²) in [6.45, 7) is 0. The Hall–Kier alpha value is -2.48. The van der Waals surface area contributed by atoms with Gasteiger partial charge in [0.2, 0.25) is 0 Å². The highest BCUT2D eigenvalue weighted by Crippen LogP contribution is 2.17. The summed E-state index contributed by atoms with van der Waals surface area (Å²) in [5.41, 5.74) is 0.132. The van der Waals surface area contributed by atoms with E-state index in [1.165, 1.54) is 43.1 Å². The van der Waals surface area contributed by atoms with Crippen LogP contribution < -0.4 is 9.14 Å². The fourth-order valence-corrected chi connectivity index (χ4v) is 2.39. The first kappa shape index (κ1) is 13.0. The molecular weight excluding hydrogens is 270 g/mol. The third-order valence-corrected chi connectivity index (χ3v) is 3.41. The van der Waals surface area contributed by atoms with Crippen molar-refractivity contribution < 1.29 is 18.3 Å². The van der Waals surface area contributed by atoms with Gasteiger partial charge in [-0.1, -0.05) is 6.07 Å². The van der Waals surface area contributed by atoms with Gasteiger partial charge >= 0.3 is 16.6 Å². The molecule has 2 aromatic rings. The molecule has 7 nitrogen and oxygen atoms in total. The van der Waals surface area contributed by atoms with E-state index in [0.717, 1.165) is 4.68 Å². The van der Waals surface area contributed by atoms with Crippen LogP contribution in [0.25, 0.3) is 0 Å². The molecule has 0 aliphatic rings. The minimum absolute atomic E-state index is 0.0946. The van der Waals surface area contributed by atoms with Crippen LogP contribution in [0.4, 0.5) is 5.69 Å². The molecule has 2 rings (SSSR count). The third kappa shape index (κ3) is 2.86. The van der Waals surface area contributed by atoms with E-state index >= 15 is 0 Å². The predicted octanol–water partition coefficient (Wildman–Crippen LogP) is 0.556. The minimum atomic E-state index is -4.15. The first-order chi connectivity index (χ1) is 9.03. The monoisotopic (exact) mass is 280 g/mol. The smallest absolute Gasteiger partial charge is 0.349 e. The highest BCUT2D eigenvalue weighted by molar-refractivity contribution is 7.94. The summed E-state index contributed by atoms with van der Waals surface area (Å²) in [5, 5.41) is 9.26. The van der Waals surface area contributed by atoms with Gasteiger partial charge in [0.25, 0.3) is 0 Å². The number of anilines is 1. The lowest BCUT2D eigenvalue weighted by atomic mass is 10.3. The van der Waals surface area contributed by atoms with Gasteiger partial charge in [-0.25, -0.2) is 4.68 Å². The van der Waals surface area contributed by atoms with E-state index in [2.05, 4.69) is 4.72 Å². The molecule has 1 radical (unpaired) electrons. The molecule has 0 fully saturated rings. The van der Waals surface area contributed by atoms with E-state index in [4.69, 9.17) is 0 Å². The summed E-state index contributed by atoms with van der Waals surface area (Å²) in [6, 6.07) is 8.65. The number of aromatic hydroxyl groups is 1.